The van der Waals surface area contributed by atoms with Gasteiger partial charge in [-0.1, -0.05) is 53.2 Å². The molecule has 0 aliphatic rings. The first kappa shape index (κ1) is 12.6. The number of aryl methyl sites for hydroxylation is 1. The van der Waals surface area contributed by atoms with Gasteiger partial charge in [0, 0.05) is 6.42 Å². The molecule has 0 fully saturated rings. The molecule has 0 bridgehead atoms. The number of hydrogen-bond donors (Lipinski definition) is 0. The lowest BCUT2D eigenvalue weighted by Crippen LogP contribution is -2.28. The van der Waals surface area contributed by atoms with Crippen molar-refractivity contribution in [1.82, 2.24) is 0 Å². The Hall–Kier alpha value is -0.440. The van der Waals surface area contributed by atoms with Gasteiger partial charge in [-0.25, -0.2) is 8.78 Å². The third kappa shape index (κ3) is 3.90. The monoisotopic (exact) mass is 276 g/mol. The number of hydrogen-bond acceptors (Lipinski definition) is 0. The van der Waals surface area contributed by atoms with Crippen molar-refractivity contribution in [3.8, 4) is 0 Å². The quantitative estimate of drug-likeness (QED) is 0.698. The molecule has 0 N–H and O–H groups in total. The van der Waals surface area contributed by atoms with Crippen LogP contribution in [0.2, 0.25) is 0 Å². The summed E-state index contributed by atoms with van der Waals surface area (Å²) in [5.41, 5.74) is 1.11. The Balaban J connectivity index is 2.44. The Morgan fingerprint density at radius 1 is 1.27 bits per heavy atom. The van der Waals surface area contributed by atoms with Gasteiger partial charge in [-0.2, -0.15) is 0 Å². The van der Waals surface area contributed by atoms with Crippen LogP contribution in [0.1, 0.15) is 25.3 Å². The van der Waals surface area contributed by atoms with Crippen LogP contribution >= 0.6 is 15.9 Å². The molecular weight excluding hydrogens is 262 g/mol. The number of rotatable bonds is 5. The van der Waals surface area contributed by atoms with Crippen LogP contribution in [-0.2, 0) is 6.42 Å². The molecule has 0 aliphatic carbocycles. The lowest BCUT2D eigenvalue weighted by atomic mass is 10.0. The van der Waals surface area contributed by atoms with Gasteiger partial charge in [0.15, 0.2) is 0 Å². The van der Waals surface area contributed by atoms with E-state index in [4.69, 9.17) is 0 Å². The maximum atomic E-state index is 13.2. The number of halogens is 3. The Bertz CT molecular complexity index is 285. The average Bonchev–Trinajstić information content (AvgIpc) is 2.27. The fourth-order valence-corrected chi connectivity index (χ4v) is 1.92. The van der Waals surface area contributed by atoms with Crippen LogP contribution in [0.25, 0.3) is 0 Å². The fourth-order valence-electron chi connectivity index (χ4n) is 1.37. The van der Waals surface area contributed by atoms with E-state index in [0.29, 0.717) is 12.8 Å². The molecule has 1 unspecified atom stereocenters. The van der Waals surface area contributed by atoms with E-state index in [-0.39, 0.29) is 6.42 Å². The second-order valence-corrected chi connectivity index (χ2v) is 4.71. The smallest absolute Gasteiger partial charge is 0.206 e. The first-order valence-corrected chi connectivity index (χ1v) is 6.03. The Labute approximate surface area is 97.8 Å². The second kappa shape index (κ2) is 5.59. The minimum absolute atomic E-state index is 0.113. The highest BCUT2D eigenvalue weighted by Crippen LogP contribution is 2.31. The lowest BCUT2D eigenvalue weighted by Gasteiger charge is -2.20. The molecule has 0 aromatic heterocycles. The van der Waals surface area contributed by atoms with Crippen molar-refractivity contribution in [2.45, 2.75) is 36.9 Å². The summed E-state index contributed by atoms with van der Waals surface area (Å²) in [5, 5.41) is 0. The molecule has 0 nitrogen and oxygen atoms in total. The van der Waals surface area contributed by atoms with E-state index in [1.165, 1.54) is 6.92 Å². The zero-order valence-corrected chi connectivity index (χ0v) is 10.3. The predicted molar refractivity (Wildman–Crippen MR) is 62.7 cm³/mol. The summed E-state index contributed by atoms with van der Waals surface area (Å²) in [7, 11) is 0. The third-order valence-corrected chi connectivity index (χ3v) is 3.59. The second-order valence-electron chi connectivity index (χ2n) is 3.61. The van der Waals surface area contributed by atoms with Crippen molar-refractivity contribution in [1.29, 1.82) is 0 Å². The third-order valence-electron chi connectivity index (χ3n) is 2.46. The van der Waals surface area contributed by atoms with Gasteiger partial charge in [0.25, 0.3) is 5.92 Å². The van der Waals surface area contributed by atoms with E-state index in [0.717, 1.165) is 5.56 Å². The molecule has 15 heavy (non-hydrogen) atoms. The van der Waals surface area contributed by atoms with Crippen molar-refractivity contribution in [2.75, 3.05) is 0 Å². The van der Waals surface area contributed by atoms with Crippen molar-refractivity contribution in [2.24, 2.45) is 0 Å². The first-order chi connectivity index (χ1) is 7.06. The highest BCUT2D eigenvalue weighted by molar-refractivity contribution is 9.09. The normalized spacial score (nSPS) is 13.9. The zero-order valence-electron chi connectivity index (χ0n) is 8.72. The first-order valence-electron chi connectivity index (χ1n) is 5.12. The maximum absolute atomic E-state index is 13.2. The van der Waals surface area contributed by atoms with Crippen LogP contribution in [0.5, 0.6) is 0 Å². The van der Waals surface area contributed by atoms with E-state index in [1.54, 1.807) is 0 Å². The summed E-state index contributed by atoms with van der Waals surface area (Å²) < 4.78 is 26.4. The van der Waals surface area contributed by atoms with Crippen LogP contribution < -0.4 is 0 Å². The van der Waals surface area contributed by atoms with Crippen molar-refractivity contribution >= 4 is 15.9 Å². The van der Waals surface area contributed by atoms with Gasteiger partial charge in [0.2, 0.25) is 0 Å². The van der Waals surface area contributed by atoms with E-state index in [1.807, 2.05) is 30.3 Å². The topological polar surface area (TPSA) is 0 Å². The largest absolute Gasteiger partial charge is 0.260 e. The number of alkyl halides is 3. The van der Waals surface area contributed by atoms with E-state index >= 15 is 0 Å². The van der Waals surface area contributed by atoms with Gasteiger partial charge in [0.05, 0.1) is 4.83 Å². The molecular formula is C12H15BrF2. The predicted octanol–water partition coefficient (Wildman–Crippen LogP) is 4.43. The highest BCUT2D eigenvalue weighted by atomic mass is 79.9. The summed E-state index contributed by atoms with van der Waals surface area (Å²) in [6.45, 7) is 1.51. The van der Waals surface area contributed by atoms with E-state index in [9.17, 15) is 8.78 Å². The van der Waals surface area contributed by atoms with Crippen molar-refractivity contribution < 1.29 is 8.78 Å². The summed E-state index contributed by atoms with van der Waals surface area (Å²) >= 11 is 3.07. The molecule has 0 aliphatic heterocycles. The molecule has 0 saturated carbocycles. The maximum Gasteiger partial charge on any atom is 0.260 e. The van der Waals surface area contributed by atoms with Gasteiger partial charge in [-0.05, 0) is 18.4 Å². The summed E-state index contributed by atoms with van der Waals surface area (Å²) in [6.07, 6.45) is 1.04. The highest BCUT2D eigenvalue weighted by Gasteiger charge is 2.34. The van der Waals surface area contributed by atoms with E-state index < -0.39 is 10.7 Å². The van der Waals surface area contributed by atoms with Crippen molar-refractivity contribution in [3.63, 3.8) is 0 Å². The molecule has 0 saturated heterocycles. The summed E-state index contributed by atoms with van der Waals surface area (Å²) in [6, 6.07) is 9.70. The molecule has 0 heterocycles. The molecule has 1 rings (SSSR count). The van der Waals surface area contributed by atoms with Gasteiger partial charge < -0.3 is 0 Å². The lowest BCUT2D eigenvalue weighted by molar-refractivity contribution is -0.00458. The zero-order chi connectivity index (χ0) is 11.3. The molecule has 0 radical (unpaired) electrons. The van der Waals surface area contributed by atoms with Crippen molar-refractivity contribution in [3.05, 3.63) is 35.9 Å². The minimum Gasteiger partial charge on any atom is -0.206 e. The summed E-state index contributed by atoms with van der Waals surface area (Å²) in [5.74, 6) is -2.60. The molecule has 1 aromatic rings. The van der Waals surface area contributed by atoms with Crippen LogP contribution in [0, 0.1) is 0 Å². The SMILES string of the molecule is CCC(F)(F)C(Br)CCc1ccccc1. The molecule has 0 spiro atoms. The van der Waals surface area contributed by atoms with Crippen LogP contribution in [-0.4, -0.2) is 10.7 Å². The Morgan fingerprint density at radius 3 is 2.40 bits per heavy atom. The standard InChI is InChI=1S/C12H15BrF2/c1-2-12(14,15)11(13)9-8-10-6-4-3-5-7-10/h3-7,11H,2,8-9H2,1H3. The fraction of sp³-hybridized carbons (Fsp3) is 0.500. The van der Waals surface area contributed by atoms with Crippen LogP contribution in [0.3, 0.4) is 0 Å². The average molecular weight is 277 g/mol. The van der Waals surface area contributed by atoms with Gasteiger partial charge >= 0.3 is 0 Å². The molecule has 3 heteroatoms. The van der Waals surface area contributed by atoms with Crippen LogP contribution in [0.4, 0.5) is 8.78 Å². The summed E-state index contributed by atoms with van der Waals surface area (Å²) in [4.78, 5) is -0.727. The van der Waals surface area contributed by atoms with Crippen LogP contribution in [0.15, 0.2) is 30.3 Å². The van der Waals surface area contributed by atoms with Gasteiger partial charge in [-0.15, -0.1) is 0 Å². The Kier molecular flexibility index (Phi) is 4.71. The van der Waals surface area contributed by atoms with Gasteiger partial charge in [-0.3, -0.25) is 0 Å². The Morgan fingerprint density at radius 2 is 1.87 bits per heavy atom. The minimum atomic E-state index is -2.60. The molecule has 1 aromatic carbocycles. The molecule has 0 amide bonds. The number of benzene rings is 1. The van der Waals surface area contributed by atoms with E-state index in [2.05, 4.69) is 15.9 Å². The molecule has 84 valence electrons. The molecule has 1 atom stereocenters. The van der Waals surface area contributed by atoms with Gasteiger partial charge in [0.1, 0.15) is 0 Å².